The largest absolute Gasteiger partial charge is 0.496 e. The normalized spacial score (nSPS) is 10.8. The zero-order valence-electron chi connectivity index (χ0n) is 15.9. The first-order valence-electron chi connectivity index (χ1n) is 8.97. The molecule has 2 aromatic heterocycles. The number of aromatic nitrogens is 1. The van der Waals surface area contributed by atoms with Crippen molar-refractivity contribution in [1.82, 2.24) is 4.57 Å². The summed E-state index contributed by atoms with van der Waals surface area (Å²) >= 11 is 0. The highest BCUT2D eigenvalue weighted by Crippen LogP contribution is 2.36. The summed E-state index contributed by atoms with van der Waals surface area (Å²) in [7, 11) is 1.54. The van der Waals surface area contributed by atoms with Crippen molar-refractivity contribution in [3.8, 4) is 23.1 Å². The highest BCUT2D eigenvalue weighted by atomic mass is 19.1. The van der Waals surface area contributed by atoms with Crippen molar-refractivity contribution in [2.75, 3.05) is 7.11 Å². The van der Waals surface area contributed by atoms with E-state index in [0.717, 1.165) is 27.8 Å². The van der Waals surface area contributed by atoms with Gasteiger partial charge in [0, 0.05) is 29.6 Å². The number of nitrogens with zero attached hydrogens (tertiary/aromatic N) is 2. The molecular formula is C23H17FN2O3. The zero-order valence-corrected chi connectivity index (χ0v) is 15.9. The molecule has 6 heteroatoms. The number of hydrogen-bond donors (Lipinski definition) is 0. The van der Waals surface area contributed by atoms with Gasteiger partial charge in [0.1, 0.15) is 28.9 Å². The Labute approximate surface area is 166 Å². The lowest BCUT2D eigenvalue weighted by atomic mass is 10.0. The first kappa shape index (κ1) is 18.5. The molecule has 5 nitrogen and oxygen atoms in total. The number of rotatable bonds is 4. The topological polar surface area (TPSA) is 68.2 Å². The first-order valence-corrected chi connectivity index (χ1v) is 8.97. The molecule has 0 amide bonds. The fourth-order valence-electron chi connectivity index (χ4n) is 3.46. The van der Waals surface area contributed by atoms with Crippen LogP contribution in [0.4, 0.5) is 4.39 Å². The van der Waals surface area contributed by atoms with Gasteiger partial charge in [-0.3, -0.25) is 0 Å². The predicted molar refractivity (Wildman–Crippen MR) is 107 cm³/mol. The number of fused-ring (bicyclic) bond motifs is 1. The Morgan fingerprint density at radius 1 is 1.14 bits per heavy atom. The van der Waals surface area contributed by atoms with Crippen molar-refractivity contribution in [3.05, 3.63) is 87.7 Å². The van der Waals surface area contributed by atoms with E-state index >= 15 is 0 Å². The molecule has 0 aliphatic rings. The van der Waals surface area contributed by atoms with Crippen molar-refractivity contribution in [3.63, 3.8) is 0 Å². The van der Waals surface area contributed by atoms with Crippen molar-refractivity contribution >= 4 is 11.0 Å². The van der Waals surface area contributed by atoms with Crippen LogP contribution in [-0.4, -0.2) is 11.7 Å². The minimum absolute atomic E-state index is 0.310. The molecule has 0 atom stereocenters. The molecule has 0 bridgehead atoms. The van der Waals surface area contributed by atoms with Crippen molar-refractivity contribution in [2.24, 2.45) is 0 Å². The van der Waals surface area contributed by atoms with E-state index in [4.69, 9.17) is 9.15 Å². The third-order valence-corrected chi connectivity index (χ3v) is 4.90. The summed E-state index contributed by atoms with van der Waals surface area (Å²) < 4.78 is 26.0. The van der Waals surface area contributed by atoms with Gasteiger partial charge in [-0.25, -0.2) is 9.18 Å². The monoisotopic (exact) mass is 388 g/mol. The van der Waals surface area contributed by atoms with E-state index < -0.39 is 5.63 Å². The van der Waals surface area contributed by atoms with Crippen LogP contribution < -0.4 is 10.4 Å². The van der Waals surface area contributed by atoms with Crippen molar-refractivity contribution < 1.29 is 13.5 Å². The molecule has 0 spiro atoms. The summed E-state index contributed by atoms with van der Waals surface area (Å²) in [5, 5.41) is 10.3. The molecule has 0 radical (unpaired) electrons. The molecule has 0 fully saturated rings. The third-order valence-electron chi connectivity index (χ3n) is 4.90. The number of aryl methyl sites for hydroxylation is 1. The molecule has 4 rings (SSSR count). The van der Waals surface area contributed by atoms with Gasteiger partial charge >= 0.3 is 5.63 Å². The van der Waals surface area contributed by atoms with Gasteiger partial charge in [-0.15, -0.1) is 0 Å². The molecule has 144 valence electrons. The Bertz CT molecular complexity index is 1310. The second-order valence-electron chi connectivity index (χ2n) is 6.73. The standard InChI is InChI=1S/C23H17FN2O3/c1-14-9-23(27)29-22-11-21(28-2)19(10-18(14)22)20-8-7-17(12-25)26(20)13-15-3-5-16(24)6-4-15/h3-11H,13H2,1-2H3. The summed E-state index contributed by atoms with van der Waals surface area (Å²) in [6, 6.07) is 17.0. The van der Waals surface area contributed by atoms with Gasteiger partial charge in [-0.2, -0.15) is 5.26 Å². The average Bonchev–Trinajstić information content (AvgIpc) is 3.11. The fraction of sp³-hybridized carbons (Fsp3) is 0.130. The highest BCUT2D eigenvalue weighted by Gasteiger charge is 2.17. The number of methoxy groups -OCH3 is 1. The van der Waals surface area contributed by atoms with Gasteiger partial charge in [-0.1, -0.05) is 12.1 Å². The van der Waals surface area contributed by atoms with Crippen LogP contribution >= 0.6 is 0 Å². The number of nitriles is 1. The molecule has 0 saturated heterocycles. The average molecular weight is 388 g/mol. The van der Waals surface area contributed by atoms with E-state index in [2.05, 4.69) is 6.07 Å². The van der Waals surface area contributed by atoms with E-state index in [1.165, 1.54) is 25.3 Å². The quantitative estimate of drug-likeness (QED) is 0.478. The van der Waals surface area contributed by atoms with Gasteiger partial charge in [0.25, 0.3) is 0 Å². The molecule has 0 N–H and O–H groups in total. The van der Waals surface area contributed by atoms with Crippen LogP contribution in [0.25, 0.3) is 22.2 Å². The van der Waals surface area contributed by atoms with Gasteiger partial charge in [0.2, 0.25) is 0 Å². The smallest absolute Gasteiger partial charge is 0.336 e. The van der Waals surface area contributed by atoms with Crippen LogP contribution in [0.2, 0.25) is 0 Å². The molecule has 2 aromatic carbocycles. The van der Waals surface area contributed by atoms with Crippen LogP contribution in [0.3, 0.4) is 0 Å². The van der Waals surface area contributed by atoms with Crippen molar-refractivity contribution in [1.29, 1.82) is 5.26 Å². The molecule has 4 aromatic rings. The van der Waals surface area contributed by atoms with E-state index in [-0.39, 0.29) is 5.82 Å². The lowest BCUT2D eigenvalue weighted by Crippen LogP contribution is -2.05. The van der Waals surface area contributed by atoms with E-state index in [1.807, 2.05) is 23.6 Å². The molecule has 0 aliphatic heterocycles. The number of halogens is 1. The molecule has 2 heterocycles. The van der Waals surface area contributed by atoms with Crippen molar-refractivity contribution in [2.45, 2.75) is 13.5 Å². The summed E-state index contributed by atoms with van der Waals surface area (Å²) in [5.41, 5.74) is 3.68. The van der Waals surface area contributed by atoms with Crippen LogP contribution in [-0.2, 0) is 6.54 Å². The Morgan fingerprint density at radius 2 is 1.90 bits per heavy atom. The Balaban J connectivity index is 1.91. The van der Waals surface area contributed by atoms with Crippen LogP contribution in [0.15, 0.2) is 63.8 Å². The molecule has 0 unspecified atom stereocenters. The van der Waals surface area contributed by atoms with E-state index in [1.54, 1.807) is 24.3 Å². The van der Waals surface area contributed by atoms with Gasteiger partial charge in [-0.05, 0) is 48.4 Å². The number of hydrogen-bond acceptors (Lipinski definition) is 4. The van der Waals surface area contributed by atoms with E-state index in [0.29, 0.717) is 23.6 Å². The number of benzene rings is 2. The highest BCUT2D eigenvalue weighted by molar-refractivity contribution is 5.88. The molecule has 0 saturated carbocycles. The van der Waals surface area contributed by atoms with Gasteiger partial charge in [0.15, 0.2) is 0 Å². The lowest BCUT2D eigenvalue weighted by molar-refractivity contribution is 0.415. The maximum absolute atomic E-state index is 13.3. The second kappa shape index (κ2) is 7.28. The van der Waals surface area contributed by atoms with E-state index in [9.17, 15) is 14.4 Å². The molecule has 0 aliphatic carbocycles. The zero-order chi connectivity index (χ0) is 20.5. The minimum atomic E-state index is -0.420. The summed E-state index contributed by atoms with van der Waals surface area (Å²) in [6.45, 7) is 2.24. The fourth-order valence-corrected chi connectivity index (χ4v) is 3.46. The lowest BCUT2D eigenvalue weighted by Gasteiger charge is -2.15. The predicted octanol–water partition coefficient (Wildman–Crippen LogP) is 4.64. The maximum atomic E-state index is 13.3. The third kappa shape index (κ3) is 3.39. The Morgan fingerprint density at radius 3 is 2.59 bits per heavy atom. The Kier molecular flexibility index (Phi) is 4.65. The maximum Gasteiger partial charge on any atom is 0.336 e. The second-order valence-corrected chi connectivity index (χ2v) is 6.73. The summed E-state index contributed by atoms with van der Waals surface area (Å²) in [4.78, 5) is 11.7. The van der Waals surface area contributed by atoms with Gasteiger partial charge < -0.3 is 13.7 Å². The number of ether oxygens (including phenoxy) is 1. The SMILES string of the molecule is COc1cc2oc(=O)cc(C)c2cc1-c1ccc(C#N)n1Cc1ccc(F)cc1. The Hall–Kier alpha value is -3.85. The van der Waals surface area contributed by atoms with Gasteiger partial charge in [0.05, 0.1) is 12.8 Å². The summed E-state index contributed by atoms with van der Waals surface area (Å²) in [6.07, 6.45) is 0. The molecular weight excluding hydrogens is 371 g/mol. The van der Waals surface area contributed by atoms with Crippen LogP contribution in [0.1, 0.15) is 16.8 Å². The molecule has 29 heavy (non-hydrogen) atoms. The van der Waals surface area contributed by atoms with Crippen LogP contribution in [0.5, 0.6) is 5.75 Å². The first-order chi connectivity index (χ1) is 14.0. The van der Waals surface area contributed by atoms with Crippen LogP contribution in [0, 0.1) is 24.1 Å². The minimum Gasteiger partial charge on any atom is -0.496 e. The summed E-state index contributed by atoms with van der Waals surface area (Å²) in [5.74, 6) is 0.212.